The molecule has 3 heterocycles. The molecule has 2 aromatic carbocycles. The predicted octanol–water partition coefficient (Wildman–Crippen LogP) is 3.94. The molecule has 2 amide bonds. The Morgan fingerprint density at radius 2 is 1.74 bits per heavy atom. The van der Waals surface area contributed by atoms with Crippen molar-refractivity contribution >= 4 is 11.7 Å². The van der Waals surface area contributed by atoms with Crippen LogP contribution in [0.5, 0.6) is 0 Å². The van der Waals surface area contributed by atoms with Gasteiger partial charge in [-0.25, -0.2) is 4.79 Å². The van der Waals surface area contributed by atoms with E-state index in [1.807, 2.05) is 59.5 Å². The van der Waals surface area contributed by atoms with Crippen LogP contribution >= 0.6 is 0 Å². The number of amides is 2. The molecule has 0 saturated carbocycles. The second-order valence-corrected chi connectivity index (χ2v) is 9.14. The highest BCUT2D eigenvalue weighted by Gasteiger charge is 2.49. The Balaban J connectivity index is 1.32. The fourth-order valence-electron chi connectivity index (χ4n) is 5.22. The number of para-hydroxylation sites is 1. The molecule has 0 radical (unpaired) electrons. The number of nitrogens with zero attached hydrogens (tertiary/aromatic N) is 3. The number of anilines is 1. The number of pyridine rings is 1. The van der Waals surface area contributed by atoms with E-state index in [4.69, 9.17) is 0 Å². The lowest BCUT2D eigenvalue weighted by Crippen LogP contribution is -2.68. The van der Waals surface area contributed by atoms with Gasteiger partial charge in [-0.3, -0.25) is 9.88 Å². The number of carbonyl (C=O) groups is 1. The number of aromatic nitrogens is 1. The molecule has 2 N–H and O–H groups in total. The van der Waals surface area contributed by atoms with Gasteiger partial charge in [0.25, 0.3) is 0 Å². The Labute approximate surface area is 206 Å². The van der Waals surface area contributed by atoms with Gasteiger partial charge in [-0.15, -0.1) is 0 Å². The third-order valence-electron chi connectivity index (χ3n) is 6.99. The SMILES string of the molecule is O=C(Nc1ccccc1)N1CCCCN2[C@H](CO)[C@H](c3ccc(C#Cc4cccnc4)cc3)[C@H]2C1. The molecule has 178 valence electrons. The highest BCUT2D eigenvalue weighted by Crippen LogP contribution is 2.42. The maximum absolute atomic E-state index is 13.1. The smallest absolute Gasteiger partial charge is 0.321 e. The minimum Gasteiger partial charge on any atom is -0.395 e. The summed E-state index contributed by atoms with van der Waals surface area (Å²) in [6, 6.07) is 21.9. The first-order valence-electron chi connectivity index (χ1n) is 12.2. The molecule has 0 bridgehead atoms. The normalized spacial score (nSPS) is 22.0. The lowest BCUT2D eigenvalue weighted by atomic mass is 9.74. The summed E-state index contributed by atoms with van der Waals surface area (Å²) < 4.78 is 0. The van der Waals surface area contributed by atoms with Crippen LogP contribution in [0.25, 0.3) is 0 Å². The maximum atomic E-state index is 13.1. The van der Waals surface area contributed by atoms with Crippen LogP contribution in [-0.2, 0) is 0 Å². The molecule has 2 fully saturated rings. The quantitative estimate of drug-likeness (QED) is 0.574. The summed E-state index contributed by atoms with van der Waals surface area (Å²) in [5, 5.41) is 13.2. The van der Waals surface area contributed by atoms with Gasteiger partial charge in [0.2, 0.25) is 0 Å². The monoisotopic (exact) mass is 466 g/mol. The van der Waals surface area contributed by atoms with Crippen molar-refractivity contribution in [1.82, 2.24) is 14.8 Å². The van der Waals surface area contributed by atoms with Gasteiger partial charge >= 0.3 is 6.03 Å². The zero-order valence-electron chi connectivity index (χ0n) is 19.7. The number of urea groups is 1. The Kier molecular flexibility index (Phi) is 7.08. The fraction of sp³-hybridized carbons (Fsp3) is 0.310. The van der Waals surface area contributed by atoms with E-state index in [2.05, 4.69) is 39.2 Å². The standard InChI is InChI=1S/C29H30N4O2/c34-21-27-28(24-14-12-22(13-15-24)10-11-23-7-6-16-30-19-23)26-20-32(17-4-5-18-33(26)27)29(35)31-25-8-2-1-3-9-25/h1-3,6-9,12-16,19,26-28,34H,4-5,17-18,20-21H2,(H,31,35)/t26-,27-,28-/m1/s1. The van der Waals surface area contributed by atoms with Crippen LogP contribution in [0.3, 0.4) is 0 Å². The Morgan fingerprint density at radius 3 is 2.49 bits per heavy atom. The molecule has 2 saturated heterocycles. The van der Waals surface area contributed by atoms with Crippen molar-refractivity contribution in [2.45, 2.75) is 30.8 Å². The highest BCUT2D eigenvalue weighted by molar-refractivity contribution is 5.89. The zero-order valence-corrected chi connectivity index (χ0v) is 19.7. The molecule has 2 aliphatic rings. The molecular weight excluding hydrogens is 436 g/mol. The number of benzene rings is 2. The van der Waals surface area contributed by atoms with E-state index in [1.165, 1.54) is 5.56 Å². The largest absolute Gasteiger partial charge is 0.395 e. The zero-order chi connectivity index (χ0) is 24.0. The van der Waals surface area contributed by atoms with E-state index in [0.29, 0.717) is 6.54 Å². The van der Waals surface area contributed by atoms with E-state index in [1.54, 1.807) is 12.4 Å². The number of aliphatic hydroxyl groups excluding tert-OH is 1. The number of carbonyl (C=O) groups excluding carboxylic acids is 1. The van der Waals surface area contributed by atoms with E-state index >= 15 is 0 Å². The summed E-state index contributed by atoms with van der Waals surface area (Å²) in [6.07, 6.45) is 5.46. The van der Waals surface area contributed by atoms with Gasteiger partial charge in [-0.1, -0.05) is 42.2 Å². The first kappa shape index (κ1) is 23.1. The van der Waals surface area contributed by atoms with Crippen molar-refractivity contribution in [2.24, 2.45) is 0 Å². The lowest BCUT2D eigenvalue weighted by Gasteiger charge is -2.57. The molecule has 3 aromatic rings. The number of hydrogen-bond donors (Lipinski definition) is 2. The second-order valence-electron chi connectivity index (χ2n) is 9.14. The molecule has 35 heavy (non-hydrogen) atoms. The molecule has 0 aliphatic carbocycles. The van der Waals surface area contributed by atoms with Crippen LogP contribution in [0.2, 0.25) is 0 Å². The number of hydrogen-bond acceptors (Lipinski definition) is 4. The number of fused-ring (bicyclic) bond motifs is 1. The average Bonchev–Trinajstić information content (AvgIpc) is 2.88. The minimum absolute atomic E-state index is 0.0646. The number of aliphatic hydroxyl groups is 1. The van der Waals surface area contributed by atoms with E-state index < -0.39 is 0 Å². The van der Waals surface area contributed by atoms with Crippen LogP contribution < -0.4 is 5.32 Å². The van der Waals surface area contributed by atoms with Crippen molar-refractivity contribution in [3.8, 4) is 11.8 Å². The summed E-state index contributed by atoms with van der Waals surface area (Å²) in [7, 11) is 0. The fourth-order valence-corrected chi connectivity index (χ4v) is 5.22. The topological polar surface area (TPSA) is 68.7 Å². The van der Waals surface area contributed by atoms with Gasteiger partial charge in [0.1, 0.15) is 0 Å². The van der Waals surface area contributed by atoms with Gasteiger partial charge in [0.15, 0.2) is 0 Å². The molecule has 0 spiro atoms. The van der Waals surface area contributed by atoms with E-state index in [9.17, 15) is 9.90 Å². The maximum Gasteiger partial charge on any atom is 0.321 e. The third-order valence-corrected chi connectivity index (χ3v) is 6.99. The van der Waals surface area contributed by atoms with Gasteiger partial charge in [-0.05, 0) is 61.3 Å². The predicted molar refractivity (Wildman–Crippen MR) is 137 cm³/mol. The number of nitrogens with one attached hydrogen (secondary N) is 1. The first-order valence-corrected chi connectivity index (χ1v) is 12.2. The van der Waals surface area contributed by atoms with E-state index in [0.717, 1.165) is 42.7 Å². The molecular formula is C29H30N4O2. The Hall–Kier alpha value is -3.66. The van der Waals surface area contributed by atoms with E-state index in [-0.39, 0.29) is 30.6 Å². The first-order chi connectivity index (χ1) is 17.2. The average molecular weight is 467 g/mol. The molecule has 5 rings (SSSR count). The molecule has 1 aromatic heterocycles. The van der Waals surface area contributed by atoms with Crippen LogP contribution in [-0.4, -0.2) is 64.2 Å². The van der Waals surface area contributed by atoms with Crippen molar-refractivity contribution in [1.29, 1.82) is 0 Å². The van der Waals surface area contributed by atoms with Gasteiger partial charge in [0.05, 0.1) is 6.61 Å². The van der Waals surface area contributed by atoms with Gasteiger partial charge < -0.3 is 15.3 Å². The summed E-state index contributed by atoms with van der Waals surface area (Å²) in [4.78, 5) is 21.5. The molecule has 6 heteroatoms. The number of rotatable bonds is 3. The lowest BCUT2D eigenvalue weighted by molar-refractivity contribution is -0.0585. The molecule has 2 aliphatic heterocycles. The van der Waals surface area contributed by atoms with Gasteiger partial charge in [0, 0.05) is 60.3 Å². The second kappa shape index (κ2) is 10.7. The summed E-state index contributed by atoms with van der Waals surface area (Å²) >= 11 is 0. The summed E-state index contributed by atoms with van der Waals surface area (Å²) in [6.45, 7) is 2.44. The Morgan fingerprint density at radius 1 is 0.971 bits per heavy atom. The van der Waals surface area contributed by atoms with Crippen molar-refractivity contribution in [2.75, 3.05) is 31.6 Å². The van der Waals surface area contributed by atoms with Crippen molar-refractivity contribution in [3.05, 3.63) is 95.8 Å². The highest BCUT2D eigenvalue weighted by atomic mass is 16.3. The summed E-state index contributed by atoms with van der Waals surface area (Å²) in [5.74, 6) is 6.51. The molecule has 0 unspecified atom stereocenters. The third kappa shape index (κ3) is 5.22. The van der Waals surface area contributed by atoms with Crippen LogP contribution in [0.1, 0.15) is 35.4 Å². The van der Waals surface area contributed by atoms with Crippen LogP contribution in [0.15, 0.2) is 79.1 Å². The van der Waals surface area contributed by atoms with Crippen molar-refractivity contribution in [3.63, 3.8) is 0 Å². The van der Waals surface area contributed by atoms with Gasteiger partial charge in [-0.2, -0.15) is 0 Å². The molecule has 6 nitrogen and oxygen atoms in total. The van der Waals surface area contributed by atoms with Crippen LogP contribution in [0, 0.1) is 11.8 Å². The van der Waals surface area contributed by atoms with Crippen molar-refractivity contribution < 1.29 is 9.90 Å². The van der Waals surface area contributed by atoms with Crippen LogP contribution in [0.4, 0.5) is 10.5 Å². The minimum atomic E-state index is -0.0646. The summed E-state index contributed by atoms with van der Waals surface area (Å²) in [5.41, 5.74) is 3.81. The molecule has 3 atom stereocenters. The Bertz CT molecular complexity index is 1190.